The van der Waals surface area contributed by atoms with Gasteiger partial charge < -0.3 is 10.6 Å². The Morgan fingerprint density at radius 3 is 2.52 bits per heavy atom. The van der Waals surface area contributed by atoms with Crippen molar-refractivity contribution in [3.05, 3.63) is 53.0 Å². The monoisotopic (exact) mass is 408 g/mol. The molecule has 1 atom stereocenters. The zero-order chi connectivity index (χ0) is 21.6. The van der Waals surface area contributed by atoms with Gasteiger partial charge in [0.1, 0.15) is 18.1 Å². The van der Waals surface area contributed by atoms with Crippen LogP contribution < -0.4 is 10.6 Å². The molecule has 1 amide bonds. The lowest BCUT2D eigenvalue weighted by atomic mass is 10.1. The molecule has 6 nitrogen and oxygen atoms in total. The van der Waals surface area contributed by atoms with Gasteiger partial charge in [-0.05, 0) is 37.6 Å². The zero-order valence-electron chi connectivity index (χ0n) is 16.4. The molecule has 2 heterocycles. The van der Waals surface area contributed by atoms with Gasteiger partial charge in [0, 0.05) is 36.0 Å². The fraction of sp³-hybridized carbons (Fsp3) is 0.400. The van der Waals surface area contributed by atoms with Gasteiger partial charge in [0.05, 0.1) is 6.04 Å². The molecule has 0 aliphatic heterocycles. The Labute approximate surface area is 166 Å². The number of pyridine rings is 2. The average molecular weight is 408 g/mol. The molecule has 0 spiro atoms. The van der Waals surface area contributed by atoms with Crippen molar-refractivity contribution in [1.82, 2.24) is 15.3 Å². The number of amides is 1. The van der Waals surface area contributed by atoms with Crippen molar-refractivity contribution >= 4 is 17.5 Å². The second kappa shape index (κ2) is 9.49. The first-order valence-electron chi connectivity index (χ1n) is 9.14. The van der Waals surface area contributed by atoms with Crippen LogP contribution in [-0.4, -0.2) is 34.4 Å². The number of anilines is 1. The van der Waals surface area contributed by atoms with E-state index in [0.29, 0.717) is 28.9 Å². The molecular formula is C20H23F3N4O2. The molecule has 2 N–H and O–H groups in total. The second-order valence-corrected chi connectivity index (χ2v) is 6.70. The Morgan fingerprint density at radius 2 is 1.93 bits per heavy atom. The summed E-state index contributed by atoms with van der Waals surface area (Å²) < 4.78 is 36.7. The smallest absolute Gasteiger partial charge is 0.361 e. The number of ketones is 1. The highest BCUT2D eigenvalue weighted by Crippen LogP contribution is 2.18. The van der Waals surface area contributed by atoms with Crippen molar-refractivity contribution in [2.45, 2.75) is 45.8 Å². The van der Waals surface area contributed by atoms with Crippen LogP contribution in [0.25, 0.3) is 0 Å². The number of halogens is 3. The highest BCUT2D eigenvalue weighted by molar-refractivity contribution is 5.95. The summed E-state index contributed by atoms with van der Waals surface area (Å²) in [5.74, 6) is -0.208. The number of aromatic nitrogens is 2. The van der Waals surface area contributed by atoms with Gasteiger partial charge in [-0.15, -0.1) is 0 Å². The van der Waals surface area contributed by atoms with E-state index >= 15 is 0 Å². The number of aryl methyl sites for hydroxylation is 1. The summed E-state index contributed by atoms with van der Waals surface area (Å²) in [6.07, 6.45) is -2.35. The van der Waals surface area contributed by atoms with Gasteiger partial charge in [0.15, 0.2) is 0 Å². The van der Waals surface area contributed by atoms with Crippen molar-refractivity contribution < 1.29 is 22.8 Å². The summed E-state index contributed by atoms with van der Waals surface area (Å²) in [7, 11) is 0. The van der Waals surface area contributed by atoms with Crippen LogP contribution in [0.1, 0.15) is 53.6 Å². The van der Waals surface area contributed by atoms with Crippen LogP contribution in [0.4, 0.5) is 19.0 Å². The molecule has 0 saturated carbocycles. The fourth-order valence-electron chi connectivity index (χ4n) is 2.61. The lowest BCUT2D eigenvalue weighted by molar-refractivity contribution is -0.118. The average Bonchev–Trinajstić information content (AvgIpc) is 2.65. The first-order chi connectivity index (χ1) is 13.6. The molecule has 0 fully saturated rings. The summed E-state index contributed by atoms with van der Waals surface area (Å²) >= 11 is 0. The molecule has 2 rings (SSSR count). The van der Waals surface area contributed by atoms with Gasteiger partial charge in [-0.2, -0.15) is 13.2 Å². The van der Waals surface area contributed by atoms with Crippen LogP contribution in [0, 0.1) is 6.92 Å². The van der Waals surface area contributed by atoms with Gasteiger partial charge in [-0.3, -0.25) is 14.6 Å². The number of carbonyl (C=O) groups excluding carboxylic acids is 2. The molecular weight excluding hydrogens is 385 g/mol. The number of hydrogen-bond donors (Lipinski definition) is 2. The molecule has 0 radical (unpaired) electrons. The Bertz CT molecular complexity index is 867. The van der Waals surface area contributed by atoms with Gasteiger partial charge in [0.2, 0.25) is 0 Å². The predicted octanol–water partition coefficient (Wildman–Crippen LogP) is 3.77. The van der Waals surface area contributed by atoms with E-state index in [4.69, 9.17) is 0 Å². The molecule has 0 aliphatic carbocycles. The molecule has 2 aromatic rings. The standard InChI is InChI=1S/C20H23F3N4O2/c1-4-17(28)9-16-8-15(7-12(2)26-16)19(29)27-13(3)14-5-6-18(24-10-14)25-11-20(21,22)23/h5-8,10,13H,4,9,11H2,1-3H3,(H,24,25)(H,27,29). The molecule has 0 aliphatic rings. The third kappa shape index (κ3) is 7.17. The van der Waals surface area contributed by atoms with E-state index in [1.54, 1.807) is 39.0 Å². The highest BCUT2D eigenvalue weighted by Gasteiger charge is 2.26. The summed E-state index contributed by atoms with van der Waals surface area (Å²) in [6.45, 7) is 4.09. The van der Waals surface area contributed by atoms with Crippen molar-refractivity contribution in [1.29, 1.82) is 0 Å². The van der Waals surface area contributed by atoms with E-state index in [1.807, 2.05) is 0 Å². The Balaban J connectivity index is 2.04. The Hall–Kier alpha value is -2.97. The minimum Gasteiger partial charge on any atom is -0.361 e. The summed E-state index contributed by atoms with van der Waals surface area (Å²) in [5, 5.41) is 5.01. The summed E-state index contributed by atoms with van der Waals surface area (Å²) in [6, 6.07) is 5.82. The molecule has 1 unspecified atom stereocenters. The number of carbonyl (C=O) groups is 2. The van der Waals surface area contributed by atoms with E-state index < -0.39 is 18.8 Å². The number of rotatable bonds is 8. The lowest BCUT2D eigenvalue weighted by Gasteiger charge is -2.15. The first kappa shape index (κ1) is 22.3. The molecule has 9 heteroatoms. The number of nitrogens with zero attached hydrogens (tertiary/aromatic N) is 2. The zero-order valence-corrected chi connectivity index (χ0v) is 16.4. The molecule has 2 aromatic heterocycles. The normalized spacial score (nSPS) is 12.3. The van der Waals surface area contributed by atoms with Crippen LogP contribution in [0.15, 0.2) is 30.5 Å². The number of Topliss-reactive ketones (excluding diaryl/α,β-unsaturated/α-hetero) is 1. The quantitative estimate of drug-likeness (QED) is 0.695. The van der Waals surface area contributed by atoms with Crippen molar-refractivity contribution in [3.63, 3.8) is 0 Å². The third-order valence-corrected chi connectivity index (χ3v) is 4.15. The number of nitrogens with one attached hydrogen (secondary N) is 2. The van der Waals surface area contributed by atoms with Gasteiger partial charge in [-0.1, -0.05) is 13.0 Å². The van der Waals surface area contributed by atoms with Gasteiger partial charge >= 0.3 is 6.18 Å². The Morgan fingerprint density at radius 1 is 1.21 bits per heavy atom. The largest absolute Gasteiger partial charge is 0.405 e. The van der Waals surface area contributed by atoms with Crippen molar-refractivity contribution in [2.75, 3.05) is 11.9 Å². The molecule has 29 heavy (non-hydrogen) atoms. The van der Waals surface area contributed by atoms with E-state index in [0.717, 1.165) is 0 Å². The van der Waals surface area contributed by atoms with E-state index in [2.05, 4.69) is 20.6 Å². The molecule has 156 valence electrons. The summed E-state index contributed by atoms with van der Waals surface area (Å²) in [5.41, 5.74) is 2.20. The lowest BCUT2D eigenvalue weighted by Crippen LogP contribution is -2.27. The maximum Gasteiger partial charge on any atom is 0.405 e. The fourth-order valence-corrected chi connectivity index (χ4v) is 2.61. The van der Waals surface area contributed by atoms with E-state index in [-0.39, 0.29) is 23.9 Å². The number of alkyl halides is 3. The predicted molar refractivity (Wildman–Crippen MR) is 103 cm³/mol. The summed E-state index contributed by atoms with van der Waals surface area (Å²) in [4.78, 5) is 32.5. The molecule has 0 aromatic carbocycles. The highest BCUT2D eigenvalue weighted by atomic mass is 19.4. The second-order valence-electron chi connectivity index (χ2n) is 6.70. The first-order valence-corrected chi connectivity index (χ1v) is 9.14. The Kier molecular flexibility index (Phi) is 7.30. The van der Waals surface area contributed by atoms with Crippen molar-refractivity contribution in [3.8, 4) is 0 Å². The molecule has 0 bridgehead atoms. The van der Waals surface area contributed by atoms with Crippen LogP contribution in [0.3, 0.4) is 0 Å². The third-order valence-electron chi connectivity index (χ3n) is 4.15. The van der Waals surface area contributed by atoms with Crippen LogP contribution in [0.2, 0.25) is 0 Å². The maximum absolute atomic E-state index is 12.6. The van der Waals surface area contributed by atoms with Crippen LogP contribution >= 0.6 is 0 Å². The van der Waals surface area contributed by atoms with Crippen molar-refractivity contribution in [2.24, 2.45) is 0 Å². The minimum absolute atomic E-state index is 0.0353. The van der Waals surface area contributed by atoms with E-state index in [1.165, 1.54) is 12.3 Å². The minimum atomic E-state index is -4.33. The topological polar surface area (TPSA) is 84.0 Å². The number of hydrogen-bond acceptors (Lipinski definition) is 5. The van der Waals surface area contributed by atoms with Gasteiger partial charge in [0.25, 0.3) is 5.91 Å². The van der Waals surface area contributed by atoms with Crippen LogP contribution in [-0.2, 0) is 11.2 Å². The van der Waals surface area contributed by atoms with E-state index in [9.17, 15) is 22.8 Å². The van der Waals surface area contributed by atoms with Gasteiger partial charge in [-0.25, -0.2) is 4.98 Å². The maximum atomic E-state index is 12.6. The molecule has 0 saturated heterocycles. The SMILES string of the molecule is CCC(=O)Cc1cc(C(=O)NC(C)c2ccc(NCC(F)(F)F)nc2)cc(C)n1. The van der Waals surface area contributed by atoms with Crippen LogP contribution in [0.5, 0.6) is 0 Å².